The van der Waals surface area contributed by atoms with E-state index < -0.39 is 9.84 Å². The number of fused-ring (bicyclic) bond motifs is 2. The van der Waals surface area contributed by atoms with E-state index in [9.17, 15) is 13.2 Å². The molecule has 0 aliphatic carbocycles. The topological polar surface area (TPSA) is 88.4 Å². The molecule has 26 heavy (non-hydrogen) atoms. The molecule has 2 fully saturated rings. The Morgan fingerprint density at radius 2 is 1.96 bits per heavy atom. The summed E-state index contributed by atoms with van der Waals surface area (Å²) in [6.45, 7) is 4.60. The van der Waals surface area contributed by atoms with Gasteiger partial charge in [-0.25, -0.2) is 13.1 Å². The zero-order chi connectivity index (χ0) is 18.3. The van der Waals surface area contributed by atoms with Gasteiger partial charge in [0.1, 0.15) is 5.52 Å². The van der Waals surface area contributed by atoms with Crippen molar-refractivity contribution in [2.75, 3.05) is 31.1 Å². The first-order chi connectivity index (χ1) is 12.5. The summed E-state index contributed by atoms with van der Waals surface area (Å²) in [5.74, 6) is 0.224. The summed E-state index contributed by atoms with van der Waals surface area (Å²) in [7, 11) is -3.09. The largest absolute Gasteiger partial charge is 0.336 e. The maximum absolute atomic E-state index is 12.8. The minimum absolute atomic E-state index is 0.00701. The highest BCUT2D eigenvalue weighted by atomic mass is 32.2. The Labute approximate surface area is 152 Å². The molecule has 0 unspecified atom stereocenters. The van der Waals surface area contributed by atoms with E-state index in [0.717, 1.165) is 24.1 Å². The van der Waals surface area contributed by atoms with Crippen LogP contribution in [0.1, 0.15) is 13.3 Å². The summed E-state index contributed by atoms with van der Waals surface area (Å²) in [5.41, 5.74) is 1.70. The van der Waals surface area contributed by atoms with Gasteiger partial charge in [0.2, 0.25) is 5.91 Å². The SMILES string of the molecule is CCN1CCN(C(=O)CCn2nnc3ccccc32)[C@H]2CS(=O)(=O)C[C@H]21. The molecule has 1 amide bonds. The van der Waals surface area contributed by atoms with Crippen molar-refractivity contribution in [3.8, 4) is 0 Å². The molecule has 2 aliphatic heterocycles. The van der Waals surface area contributed by atoms with Gasteiger partial charge < -0.3 is 4.90 Å². The van der Waals surface area contributed by atoms with Gasteiger partial charge in [0.05, 0.1) is 29.6 Å². The third-order valence-electron chi connectivity index (χ3n) is 5.48. The molecule has 1 aromatic heterocycles. The second kappa shape index (κ2) is 6.62. The van der Waals surface area contributed by atoms with E-state index in [0.29, 0.717) is 19.5 Å². The van der Waals surface area contributed by atoms with Crippen LogP contribution in [0, 0.1) is 0 Å². The molecule has 2 aromatic rings. The van der Waals surface area contributed by atoms with Crippen LogP contribution in [0.25, 0.3) is 11.0 Å². The molecule has 0 saturated carbocycles. The van der Waals surface area contributed by atoms with Crippen LogP contribution < -0.4 is 0 Å². The average Bonchev–Trinajstić information content (AvgIpc) is 3.18. The van der Waals surface area contributed by atoms with Gasteiger partial charge in [-0.1, -0.05) is 24.3 Å². The predicted octanol–water partition coefficient (Wildman–Crippen LogP) is 0.151. The van der Waals surface area contributed by atoms with E-state index in [1.54, 1.807) is 9.58 Å². The molecular formula is C17H23N5O3S. The number of likely N-dealkylation sites (N-methyl/N-ethyl adjacent to an activating group) is 1. The minimum atomic E-state index is -3.09. The number of benzene rings is 1. The zero-order valence-electron chi connectivity index (χ0n) is 14.8. The number of rotatable bonds is 4. The molecule has 1 aromatic carbocycles. The Morgan fingerprint density at radius 1 is 1.19 bits per heavy atom. The summed E-state index contributed by atoms with van der Waals surface area (Å²) >= 11 is 0. The van der Waals surface area contributed by atoms with E-state index in [1.807, 2.05) is 31.2 Å². The summed E-state index contributed by atoms with van der Waals surface area (Å²) in [6, 6.07) is 7.34. The summed E-state index contributed by atoms with van der Waals surface area (Å²) < 4.78 is 26.0. The van der Waals surface area contributed by atoms with Crippen LogP contribution >= 0.6 is 0 Å². The zero-order valence-corrected chi connectivity index (χ0v) is 15.6. The first-order valence-electron chi connectivity index (χ1n) is 9.00. The lowest BCUT2D eigenvalue weighted by Crippen LogP contribution is -2.60. The van der Waals surface area contributed by atoms with Gasteiger partial charge in [-0.3, -0.25) is 9.69 Å². The van der Waals surface area contributed by atoms with Gasteiger partial charge in [-0.2, -0.15) is 0 Å². The van der Waals surface area contributed by atoms with Crippen LogP contribution in [0.4, 0.5) is 0 Å². The monoisotopic (exact) mass is 377 g/mol. The molecule has 0 N–H and O–H groups in total. The molecule has 140 valence electrons. The summed E-state index contributed by atoms with van der Waals surface area (Å²) in [4.78, 5) is 16.8. The van der Waals surface area contributed by atoms with Crippen molar-refractivity contribution in [1.82, 2.24) is 24.8 Å². The van der Waals surface area contributed by atoms with Crippen LogP contribution in [0.5, 0.6) is 0 Å². The van der Waals surface area contributed by atoms with E-state index in [-0.39, 0.29) is 29.5 Å². The maximum atomic E-state index is 12.8. The number of nitrogens with zero attached hydrogens (tertiary/aromatic N) is 5. The van der Waals surface area contributed by atoms with Crippen molar-refractivity contribution in [3.05, 3.63) is 24.3 Å². The number of sulfone groups is 1. The quantitative estimate of drug-likeness (QED) is 0.754. The lowest BCUT2D eigenvalue weighted by Gasteiger charge is -2.43. The van der Waals surface area contributed by atoms with Crippen LogP contribution in [-0.4, -0.2) is 82.3 Å². The number of amides is 1. The number of carbonyl (C=O) groups is 1. The highest BCUT2D eigenvalue weighted by Gasteiger charge is 2.47. The predicted molar refractivity (Wildman–Crippen MR) is 97.3 cm³/mol. The second-order valence-electron chi connectivity index (χ2n) is 6.98. The standard InChI is InChI=1S/C17H23N5O3S/c1-2-20-9-10-21(16-12-26(24,25)11-15(16)20)17(23)7-8-22-14-6-4-3-5-13(14)18-19-22/h3-6,15-16H,2,7-12H2,1H3/t15-,16+/m1/s1. The molecule has 2 atom stereocenters. The van der Waals surface area contributed by atoms with Crippen molar-refractivity contribution in [3.63, 3.8) is 0 Å². The van der Waals surface area contributed by atoms with Gasteiger partial charge in [0.15, 0.2) is 9.84 Å². The van der Waals surface area contributed by atoms with Crippen molar-refractivity contribution in [2.45, 2.75) is 32.0 Å². The van der Waals surface area contributed by atoms with E-state index in [4.69, 9.17) is 0 Å². The lowest BCUT2D eigenvalue weighted by atomic mass is 10.0. The van der Waals surface area contributed by atoms with Crippen LogP contribution in [0.15, 0.2) is 24.3 Å². The average molecular weight is 377 g/mol. The smallest absolute Gasteiger partial charge is 0.224 e. The van der Waals surface area contributed by atoms with Crippen molar-refractivity contribution in [1.29, 1.82) is 0 Å². The number of hydrogen-bond donors (Lipinski definition) is 0. The normalized spacial score (nSPS) is 25.5. The first kappa shape index (κ1) is 17.4. The number of para-hydroxylation sites is 1. The van der Waals surface area contributed by atoms with Crippen LogP contribution in [-0.2, 0) is 21.2 Å². The van der Waals surface area contributed by atoms with Crippen LogP contribution in [0.3, 0.4) is 0 Å². The van der Waals surface area contributed by atoms with Crippen molar-refractivity contribution < 1.29 is 13.2 Å². The second-order valence-corrected chi connectivity index (χ2v) is 9.13. The number of carbonyl (C=O) groups excluding carboxylic acids is 1. The van der Waals surface area contributed by atoms with Crippen molar-refractivity contribution >= 4 is 26.8 Å². The van der Waals surface area contributed by atoms with Gasteiger partial charge >= 0.3 is 0 Å². The number of hydrogen-bond acceptors (Lipinski definition) is 6. The Hall–Kier alpha value is -2.00. The van der Waals surface area contributed by atoms with Gasteiger partial charge in [-0.15, -0.1) is 5.10 Å². The molecular weight excluding hydrogens is 354 g/mol. The van der Waals surface area contributed by atoms with Crippen LogP contribution in [0.2, 0.25) is 0 Å². The maximum Gasteiger partial charge on any atom is 0.224 e. The van der Waals surface area contributed by atoms with Gasteiger partial charge in [0.25, 0.3) is 0 Å². The highest BCUT2D eigenvalue weighted by molar-refractivity contribution is 7.91. The van der Waals surface area contributed by atoms with E-state index >= 15 is 0 Å². The molecule has 2 saturated heterocycles. The fourth-order valence-corrected chi connectivity index (χ4v) is 6.17. The molecule has 0 spiro atoms. The third kappa shape index (κ3) is 3.09. The Kier molecular flexibility index (Phi) is 4.44. The van der Waals surface area contributed by atoms with Gasteiger partial charge in [0, 0.05) is 25.6 Å². The molecule has 8 nitrogen and oxygen atoms in total. The molecule has 3 heterocycles. The van der Waals surface area contributed by atoms with Crippen molar-refractivity contribution in [2.24, 2.45) is 0 Å². The van der Waals surface area contributed by atoms with Gasteiger partial charge in [-0.05, 0) is 18.7 Å². The fraction of sp³-hybridized carbons (Fsp3) is 0.588. The fourth-order valence-electron chi connectivity index (χ4n) is 4.15. The van der Waals surface area contributed by atoms with E-state index in [2.05, 4.69) is 15.2 Å². The van der Waals surface area contributed by atoms with E-state index in [1.165, 1.54) is 0 Å². The number of aromatic nitrogens is 3. The highest BCUT2D eigenvalue weighted by Crippen LogP contribution is 2.27. The molecule has 0 bridgehead atoms. The molecule has 4 rings (SSSR count). The summed E-state index contributed by atoms with van der Waals surface area (Å²) in [5, 5.41) is 8.22. The Bertz CT molecular complexity index is 925. The summed E-state index contributed by atoms with van der Waals surface area (Å²) in [6.07, 6.45) is 0.294. The molecule has 0 radical (unpaired) electrons. The first-order valence-corrected chi connectivity index (χ1v) is 10.8. The lowest BCUT2D eigenvalue weighted by molar-refractivity contribution is -0.137. The third-order valence-corrected chi connectivity index (χ3v) is 7.17. The minimum Gasteiger partial charge on any atom is -0.336 e. The Morgan fingerprint density at radius 3 is 2.77 bits per heavy atom. The number of aryl methyl sites for hydroxylation is 1. The Balaban J connectivity index is 1.47. The number of piperazine rings is 1. The molecule has 9 heteroatoms. The molecule has 2 aliphatic rings.